The molecule has 0 amide bonds. The van der Waals surface area contributed by atoms with Gasteiger partial charge in [0.2, 0.25) is 5.03 Å². The summed E-state index contributed by atoms with van der Waals surface area (Å²) in [6, 6.07) is 20.9. The molecule has 3 aromatic rings. The average Bonchev–Trinajstić information content (AvgIpc) is 3.18. The minimum absolute atomic E-state index is 0.0780. The van der Waals surface area contributed by atoms with Gasteiger partial charge in [-0.05, 0) is 21.3 Å². The molecule has 2 aromatic carbocycles. The first-order valence-electron chi connectivity index (χ1n) is 10.1. The number of hydrogen-bond donors (Lipinski definition) is 0. The van der Waals surface area contributed by atoms with E-state index in [4.69, 9.17) is 15.1 Å². The van der Waals surface area contributed by atoms with Crippen LogP contribution in [0.15, 0.2) is 71.9 Å². The van der Waals surface area contributed by atoms with E-state index >= 15 is 0 Å². The summed E-state index contributed by atoms with van der Waals surface area (Å²) in [5, 5.41) is 9.62. The summed E-state index contributed by atoms with van der Waals surface area (Å²) < 4.78 is 31.3. The van der Waals surface area contributed by atoms with E-state index < -0.39 is 17.4 Å². The van der Waals surface area contributed by atoms with Crippen LogP contribution in [0.3, 0.4) is 0 Å². The molecule has 9 heteroatoms. The van der Waals surface area contributed by atoms with E-state index in [1.165, 1.54) is 21.3 Å². The standard InChI is InChI=1S/C22H28ClN3O3SSi/c1-18(15-26-16-21(24-25-26)30(23,27)28)17-29-31(22(2,3)4,19-11-7-5-8-12-19)20-13-9-6-10-14-20/h5-14,16,18H,15,17H2,1-4H3. The van der Waals surface area contributed by atoms with E-state index in [1.54, 1.807) is 0 Å². The smallest absolute Gasteiger partial charge is 0.282 e. The molecule has 0 aliphatic rings. The lowest BCUT2D eigenvalue weighted by molar-refractivity contribution is 0.226. The maximum atomic E-state index is 11.4. The number of aromatic nitrogens is 3. The van der Waals surface area contributed by atoms with Gasteiger partial charge in [0.25, 0.3) is 17.4 Å². The fraction of sp³-hybridized carbons (Fsp3) is 0.364. The maximum Gasteiger partial charge on any atom is 0.282 e. The highest BCUT2D eigenvalue weighted by molar-refractivity contribution is 8.13. The molecule has 1 aromatic heterocycles. The van der Waals surface area contributed by atoms with Gasteiger partial charge in [-0.3, -0.25) is 4.68 Å². The van der Waals surface area contributed by atoms with Crippen LogP contribution < -0.4 is 10.4 Å². The van der Waals surface area contributed by atoms with Crippen molar-refractivity contribution in [1.29, 1.82) is 0 Å². The predicted molar refractivity (Wildman–Crippen MR) is 126 cm³/mol. The number of hydrogen-bond acceptors (Lipinski definition) is 5. The minimum atomic E-state index is -3.89. The molecule has 0 aliphatic carbocycles. The van der Waals surface area contributed by atoms with Gasteiger partial charge in [-0.1, -0.05) is 93.6 Å². The van der Waals surface area contributed by atoms with Crippen molar-refractivity contribution in [2.45, 2.75) is 44.3 Å². The largest absolute Gasteiger partial charge is 0.407 e. The van der Waals surface area contributed by atoms with Crippen molar-refractivity contribution in [3.8, 4) is 0 Å². The lowest BCUT2D eigenvalue weighted by atomic mass is 10.2. The average molecular weight is 478 g/mol. The van der Waals surface area contributed by atoms with Gasteiger partial charge in [-0.25, -0.2) is 8.42 Å². The summed E-state index contributed by atoms with van der Waals surface area (Å²) in [4.78, 5) is 0. The Hall–Kier alpha value is -2.00. The first-order chi connectivity index (χ1) is 14.5. The Bertz CT molecular complexity index is 1060. The topological polar surface area (TPSA) is 74.1 Å². The van der Waals surface area contributed by atoms with Gasteiger partial charge in [-0.2, -0.15) is 0 Å². The molecule has 0 saturated heterocycles. The van der Waals surface area contributed by atoms with Gasteiger partial charge in [0.1, 0.15) is 0 Å². The van der Waals surface area contributed by atoms with Gasteiger partial charge < -0.3 is 4.43 Å². The predicted octanol–water partition coefficient (Wildman–Crippen LogP) is 3.42. The Morgan fingerprint density at radius 1 is 1.03 bits per heavy atom. The summed E-state index contributed by atoms with van der Waals surface area (Å²) in [5.74, 6) is 0.0780. The van der Waals surface area contributed by atoms with Gasteiger partial charge >= 0.3 is 0 Å². The van der Waals surface area contributed by atoms with Crippen molar-refractivity contribution < 1.29 is 12.8 Å². The lowest BCUT2D eigenvalue weighted by Gasteiger charge is -2.43. The molecule has 0 spiro atoms. The van der Waals surface area contributed by atoms with Crippen molar-refractivity contribution in [3.63, 3.8) is 0 Å². The molecule has 1 unspecified atom stereocenters. The fourth-order valence-corrected chi connectivity index (χ4v) is 9.17. The molecule has 0 bridgehead atoms. The summed E-state index contributed by atoms with van der Waals surface area (Å²) in [7, 11) is -1.16. The molecular weight excluding hydrogens is 450 g/mol. The Morgan fingerprint density at radius 2 is 1.55 bits per heavy atom. The second-order valence-corrected chi connectivity index (χ2v) is 15.6. The van der Waals surface area contributed by atoms with Crippen molar-refractivity contribution in [1.82, 2.24) is 15.0 Å². The van der Waals surface area contributed by atoms with Gasteiger partial charge in [0, 0.05) is 23.8 Å². The summed E-state index contributed by atoms with van der Waals surface area (Å²) in [6.07, 6.45) is 1.35. The Morgan fingerprint density at radius 3 is 1.97 bits per heavy atom. The normalized spacial score (nSPS) is 13.8. The Kier molecular flexibility index (Phi) is 7.05. The van der Waals surface area contributed by atoms with Crippen LogP contribution in [0.4, 0.5) is 0 Å². The van der Waals surface area contributed by atoms with Crippen molar-refractivity contribution in [2.75, 3.05) is 6.61 Å². The van der Waals surface area contributed by atoms with Crippen LogP contribution in [0.5, 0.6) is 0 Å². The minimum Gasteiger partial charge on any atom is -0.407 e. The molecule has 1 heterocycles. The zero-order chi connectivity index (χ0) is 22.7. The molecule has 6 nitrogen and oxygen atoms in total. The maximum absolute atomic E-state index is 11.4. The first-order valence-corrected chi connectivity index (χ1v) is 14.4. The van der Waals surface area contributed by atoms with Crippen LogP contribution in [-0.4, -0.2) is 38.3 Å². The quantitative estimate of drug-likeness (QED) is 0.367. The molecule has 0 saturated carbocycles. The van der Waals surface area contributed by atoms with Crippen molar-refractivity contribution >= 4 is 38.4 Å². The van der Waals surface area contributed by atoms with E-state index in [2.05, 4.69) is 79.6 Å². The number of halogens is 1. The third kappa shape index (κ3) is 5.26. The Labute approximate surface area is 189 Å². The molecule has 0 fully saturated rings. The number of nitrogens with zero attached hydrogens (tertiary/aromatic N) is 3. The van der Waals surface area contributed by atoms with Gasteiger partial charge in [0.05, 0.1) is 6.20 Å². The van der Waals surface area contributed by atoms with E-state index in [9.17, 15) is 8.42 Å². The highest BCUT2D eigenvalue weighted by atomic mass is 35.7. The van der Waals surface area contributed by atoms with E-state index in [1.807, 2.05) is 19.1 Å². The summed E-state index contributed by atoms with van der Waals surface area (Å²) in [6.45, 7) is 9.72. The van der Waals surface area contributed by atoms with E-state index in [-0.39, 0.29) is 16.0 Å². The molecule has 0 aliphatic heterocycles. The molecule has 31 heavy (non-hydrogen) atoms. The molecular formula is C22H28ClN3O3SSi. The number of rotatable bonds is 8. The number of benzene rings is 2. The molecule has 3 rings (SSSR count). The van der Waals surface area contributed by atoms with E-state index in [0.717, 1.165) is 0 Å². The Balaban J connectivity index is 1.90. The summed E-state index contributed by atoms with van der Waals surface area (Å²) >= 11 is 0. The van der Waals surface area contributed by atoms with Crippen LogP contribution in [0.25, 0.3) is 0 Å². The third-order valence-corrected chi connectivity index (χ3v) is 11.4. The zero-order valence-corrected chi connectivity index (χ0v) is 20.8. The van der Waals surface area contributed by atoms with Gasteiger partial charge in [0.15, 0.2) is 0 Å². The van der Waals surface area contributed by atoms with Crippen LogP contribution >= 0.6 is 10.7 Å². The molecule has 1 atom stereocenters. The van der Waals surface area contributed by atoms with E-state index in [0.29, 0.717) is 13.2 Å². The van der Waals surface area contributed by atoms with Crippen LogP contribution in [0.1, 0.15) is 27.7 Å². The van der Waals surface area contributed by atoms with Crippen molar-refractivity contribution in [3.05, 3.63) is 66.9 Å². The highest BCUT2D eigenvalue weighted by Crippen LogP contribution is 2.37. The molecule has 0 N–H and O–H groups in total. The van der Waals surface area contributed by atoms with Crippen molar-refractivity contribution in [2.24, 2.45) is 5.92 Å². The lowest BCUT2D eigenvalue weighted by Crippen LogP contribution is -2.66. The van der Waals surface area contributed by atoms with Gasteiger partial charge in [-0.15, -0.1) is 5.10 Å². The van der Waals surface area contributed by atoms with Crippen LogP contribution in [-0.2, 0) is 20.0 Å². The highest BCUT2D eigenvalue weighted by Gasteiger charge is 2.50. The summed E-state index contributed by atoms with van der Waals surface area (Å²) in [5.41, 5.74) is 0. The monoisotopic (exact) mass is 477 g/mol. The molecule has 0 radical (unpaired) electrons. The van der Waals surface area contributed by atoms with Crippen LogP contribution in [0, 0.1) is 5.92 Å². The second kappa shape index (κ2) is 9.24. The van der Waals surface area contributed by atoms with Crippen LogP contribution in [0.2, 0.25) is 5.04 Å². The third-order valence-electron chi connectivity index (χ3n) is 5.27. The first kappa shape index (κ1) is 23.7. The zero-order valence-electron chi connectivity index (χ0n) is 18.2. The fourth-order valence-electron chi connectivity index (χ4n) is 3.88. The molecule has 166 valence electrons. The SMILES string of the molecule is CC(CO[Si](c1ccccc1)(c1ccccc1)C(C)(C)C)Cn1cc(S(=O)(=O)Cl)nn1. The second-order valence-electron chi connectivity index (χ2n) is 8.80.